The van der Waals surface area contributed by atoms with Gasteiger partial charge in [-0.2, -0.15) is 0 Å². The third-order valence-corrected chi connectivity index (χ3v) is 6.84. The maximum atomic E-state index is 10.6. The number of hydrogen-bond acceptors (Lipinski definition) is 3. The van der Waals surface area contributed by atoms with Crippen LogP contribution in [0.2, 0.25) is 10.0 Å². The van der Waals surface area contributed by atoms with E-state index in [-0.39, 0.29) is 12.5 Å². The second-order valence-corrected chi connectivity index (χ2v) is 8.32. The molecule has 1 heterocycles. The zero-order valence-corrected chi connectivity index (χ0v) is 15.6. The summed E-state index contributed by atoms with van der Waals surface area (Å²) >= 11 is 20.4. The highest BCUT2D eigenvalue weighted by molar-refractivity contribution is 9.13. The van der Waals surface area contributed by atoms with Gasteiger partial charge in [0.15, 0.2) is 0 Å². The first kappa shape index (κ1) is 16.7. The predicted octanol–water partition coefficient (Wildman–Crippen LogP) is 5.36. The lowest BCUT2D eigenvalue weighted by molar-refractivity contribution is 0.151. The Morgan fingerprint density at radius 1 is 1.25 bits per heavy atom. The molecular formula is C13H11Br2Cl2NOS. The van der Waals surface area contributed by atoms with E-state index in [1.54, 1.807) is 12.1 Å². The molecule has 2 aromatic rings. The Balaban J connectivity index is 2.36. The fourth-order valence-electron chi connectivity index (χ4n) is 1.94. The lowest BCUT2D eigenvalue weighted by Crippen LogP contribution is -2.20. The molecule has 0 aliphatic heterocycles. The Morgan fingerprint density at radius 2 is 1.95 bits per heavy atom. The largest absolute Gasteiger partial charge is 0.387 e. The maximum absolute atomic E-state index is 10.6. The van der Waals surface area contributed by atoms with Crippen LogP contribution in [0.4, 0.5) is 0 Å². The lowest BCUT2D eigenvalue weighted by Gasteiger charge is -2.22. The summed E-state index contributed by atoms with van der Waals surface area (Å²) in [6.45, 7) is 0.287. The van der Waals surface area contributed by atoms with Crippen molar-refractivity contribution in [3.63, 3.8) is 0 Å². The molecule has 0 aliphatic carbocycles. The average Bonchev–Trinajstić information content (AvgIpc) is 2.73. The van der Waals surface area contributed by atoms with Crippen molar-refractivity contribution >= 4 is 66.4 Å². The number of rotatable bonds is 4. The molecule has 2 atom stereocenters. The minimum absolute atomic E-state index is 0.280. The van der Waals surface area contributed by atoms with Gasteiger partial charge in [0.2, 0.25) is 0 Å². The normalized spacial score (nSPS) is 14.3. The van der Waals surface area contributed by atoms with Crippen molar-refractivity contribution in [3.05, 3.63) is 53.0 Å². The van der Waals surface area contributed by atoms with E-state index in [9.17, 15) is 5.11 Å². The summed E-state index contributed by atoms with van der Waals surface area (Å²) in [4.78, 5) is 0.824. The molecule has 2 unspecified atom stereocenters. The van der Waals surface area contributed by atoms with Crippen molar-refractivity contribution < 1.29 is 5.11 Å². The van der Waals surface area contributed by atoms with E-state index in [1.807, 2.05) is 12.1 Å². The van der Waals surface area contributed by atoms with Gasteiger partial charge in [0.25, 0.3) is 0 Å². The van der Waals surface area contributed by atoms with Crippen LogP contribution >= 0.6 is 66.4 Å². The van der Waals surface area contributed by atoms with Crippen molar-refractivity contribution in [2.45, 2.75) is 12.0 Å². The highest BCUT2D eigenvalue weighted by Crippen LogP contribution is 2.41. The molecule has 0 aliphatic rings. The number of halogens is 4. The SMILES string of the molecule is NCC(c1ccc(Cl)cc1Cl)C(O)c1cc(Br)c(Br)s1. The molecule has 108 valence electrons. The molecule has 0 saturated carbocycles. The van der Waals surface area contributed by atoms with Gasteiger partial charge in [-0.05, 0) is 55.6 Å². The number of nitrogens with two attached hydrogens (primary N) is 1. The van der Waals surface area contributed by atoms with Crippen LogP contribution < -0.4 is 5.73 Å². The highest BCUT2D eigenvalue weighted by Gasteiger charge is 2.25. The predicted molar refractivity (Wildman–Crippen MR) is 92.9 cm³/mol. The van der Waals surface area contributed by atoms with Gasteiger partial charge < -0.3 is 10.8 Å². The minimum Gasteiger partial charge on any atom is -0.387 e. The highest BCUT2D eigenvalue weighted by atomic mass is 79.9. The van der Waals surface area contributed by atoms with Gasteiger partial charge in [0.1, 0.15) is 0 Å². The molecule has 0 spiro atoms. The summed E-state index contributed by atoms with van der Waals surface area (Å²) in [5, 5.41) is 11.6. The molecule has 3 N–H and O–H groups in total. The smallest absolute Gasteiger partial charge is 0.0963 e. The van der Waals surface area contributed by atoms with Gasteiger partial charge in [-0.15, -0.1) is 11.3 Å². The van der Waals surface area contributed by atoms with Gasteiger partial charge in [0, 0.05) is 31.9 Å². The Labute approximate surface area is 148 Å². The lowest BCUT2D eigenvalue weighted by atomic mass is 9.92. The number of benzene rings is 1. The fraction of sp³-hybridized carbons (Fsp3) is 0.231. The third kappa shape index (κ3) is 3.58. The van der Waals surface area contributed by atoms with Crippen LogP contribution in [-0.2, 0) is 0 Å². The van der Waals surface area contributed by atoms with E-state index >= 15 is 0 Å². The van der Waals surface area contributed by atoms with Crippen molar-refractivity contribution in [3.8, 4) is 0 Å². The van der Waals surface area contributed by atoms with Crippen molar-refractivity contribution in [2.24, 2.45) is 5.73 Å². The van der Waals surface area contributed by atoms with E-state index in [1.165, 1.54) is 11.3 Å². The molecule has 1 aromatic carbocycles. The maximum Gasteiger partial charge on any atom is 0.0963 e. The zero-order chi connectivity index (χ0) is 14.9. The summed E-state index contributed by atoms with van der Waals surface area (Å²) < 4.78 is 1.85. The summed E-state index contributed by atoms with van der Waals surface area (Å²) in [5.41, 5.74) is 6.62. The van der Waals surface area contributed by atoms with E-state index < -0.39 is 6.10 Å². The molecule has 0 amide bonds. The van der Waals surface area contributed by atoms with Crippen molar-refractivity contribution in [1.29, 1.82) is 0 Å². The van der Waals surface area contributed by atoms with Crippen LogP contribution in [0.1, 0.15) is 22.5 Å². The van der Waals surface area contributed by atoms with Crippen LogP contribution in [0.15, 0.2) is 32.5 Å². The minimum atomic E-state index is -0.716. The van der Waals surface area contributed by atoms with Crippen molar-refractivity contribution in [1.82, 2.24) is 0 Å². The molecule has 1 aromatic heterocycles. The summed E-state index contributed by atoms with van der Waals surface area (Å²) in [6.07, 6.45) is -0.716. The first-order chi connectivity index (χ1) is 9.43. The van der Waals surface area contributed by atoms with Crippen LogP contribution in [0.25, 0.3) is 0 Å². The number of thiophene rings is 1. The molecule has 0 saturated heterocycles. The summed E-state index contributed by atoms with van der Waals surface area (Å²) in [7, 11) is 0. The molecule has 7 heteroatoms. The second-order valence-electron chi connectivity index (χ2n) is 4.22. The standard InChI is InChI=1S/C13H11Br2Cl2NOS/c14-9-4-11(20-13(9)15)12(19)8(5-18)7-2-1-6(16)3-10(7)17/h1-4,8,12,19H,5,18H2. The van der Waals surface area contributed by atoms with E-state index in [0.717, 1.165) is 18.7 Å². The Bertz CT molecular complexity index is 601. The fourth-order valence-corrected chi connectivity index (χ4v) is 4.63. The van der Waals surface area contributed by atoms with Gasteiger partial charge in [-0.3, -0.25) is 0 Å². The molecule has 0 radical (unpaired) electrons. The number of hydrogen-bond donors (Lipinski definition) is 2. The van der Waals surface area contributed by atoms with E-state index in [0.29, 0.717) is 10.0 Å². The first-order valence-electron chi connectivity index (χ1n) is 5.71. The number of aliphatic hydroxyl groups excluding tert-OH is 1. The van der Waals surface area contributed by atoms with Crippen LogP contribution in [0, 0.1) is 0 Å². The Kier molecular flexibility index (Phi) is 5.94. The average molecular weight is 460 g/mol. The molecule has 2 nitrogen and oxygen atoms in total. The zero-order valence-electron chi connectivity index (χ0n) is 10.1. The van der Waals surface area contributed by atoms with Crippen molar-refractivity contribution in [2.75, 3.05) is 6.54 Å². The van der Waals surface area contributed by atoms with Gasteiger partial charge >= 0.3 is 0 Å². The molecule has 20 heavy (non-hydrogen) atoms. The number of aliphatic hydroxyl groups is 1. The molecule has 0 fully saturated rings. The van der Waals surface area contributed by atoms with Gasteiger partial charge in [0.05, 0.1) is 9.89 Å². The van der Waals surface area contributed by atoms with Crippen LogP contribution in [0.3, 0.4) is 0 Å². The summed E-state index contributed by atoms with van der Waals surface area (Å²) in [6, 6.07) is 7.10. The first-order valence-corrected chi connectivity index (χ1v) is 8.87. The molecular weight excluding hydrogens is 449 g/mol. The monoisotopic (exact) mass is 457 g/mol. The quantitative estimate of drug-likeness (QED) is 0.646. The Hall–Kier alpha value is 0.380. The summed E-state index contributed by atoms with van der Waals surface area (Å²) in [5.74, 6) is -0.280. The van der Waals surface area contributed by atoms with Gasteiger partial charge in [-0.25, -0.2) is 0 Å². The van der Waals surface area contributed by atoms with Gasteiger partial charge in [-0.1, -0.05) is 29.3 Å². The van der Waals surface area contributed by atoms with Crippen LogP contribution in [-0.4, -0.2) is 11.7 Å². The molecule has 0 bridgehead atoms. The second kappa shape index (κ2) is 7.09. The Morgan fingerprint density at radius 3 is 2.45 bits per heavy atom. The van der Waals surface area contributed by atoms with E-state index in [4.69, 9.17) is 28.9 Å². The van der Waals surface area contributed by atoms with E-state index in [2.05, 4.69) is 31.9 Å². The third-order valence-electron chi connectivity index (χ3n) is 2.95. The molecule has 2 rings (SSSR count). The topological polar surface area (TPSA) is 46.2 Å². The van der Waals surface area contributed by atoms with Crippen LogP contribution in [0.5, 0.6) is 0 Å².